The maximum atomic E-state index is 12.2. The van der Waals surface area contributed by atoms with Crippen LogP contribution in [0.2, 0.25) is 0 Å². The van der Waals surface area contributed by atoms with Crippen LogP contribution in [0.4, 0.5) is 0 Å². The Morgan fingerprint density at radius 1 is 0.815 bits per heavy atom. The number of amides is 1. The fourth-order valence-electron chi connectivity index (χ4n) is 2.54. The van der Waals surface area contributed by atoms with Gasteiger partial charge in [-0.3, -0.25) is 4.79 Å². The standard InChI is InChI=1S/C23H23NO3/c1-18(23(25)24-16-19-8-4-2-5-9-19)27-22-14-12-21(13-15-22)26-17-20-10-6-3-7-11-20/h2-15,18H,16-17H2,1H3,(H,24,25)/t18-/m0/s1. The van der Waals surface area contributed by atoms with Crippen molar-refractivity contribution in [1.29, 1.82) is 0 Å². The van der Waals surface area contributed by atoms with Crippen LogP contribution in [0.1, 0.15) is 18.1 Å². The second-order valence-electron chi connectivity index (χ2n) is 6.21. The SMILES string of the molecule is C[C@H](Oc1ccc(OCc2ccccc2)cc1)C(=O)NCc1ccccc1. The molecule has 3 rings (SSSR count). The summed E-state index contributed by atoms with van der Waals surface area (Å²) >= 11 is 0. The average Bonchev–Trinajstić information content (AvgIpc) is 2.73. The van der Waals surface area contributed by atoms with Gasteiger partial charge in [0.1, 0.15) is 18.1 Å². The first-order valence-electron chi connectivity index (χ1n) is 8.96. The van der Waals surface area contributed by atoms with E-state index in [-0.39, 0.29) is 5.91 Å². The number of hydrogen-bond acceptors (Lipinski definition) is 3. The first-order valence-corrected chi connectivity index (χ1v) is 8.96. The highest BCUT2D eigenvalue weighted by molar-refractivity contribution is 5.80. The fourth-order valence-corrected chi connectivity index (χ4v) is 2.54. The number of benzene rings is 3. The quantitative estimate of drug-likeness (QED) is 0.649. The molecule has 138 valence electrons. The van der Waals surface area contributed by atoms with Gasteiger partial charge in [-0.25, -0.2) is 0 Å². The lowest BCUT2D eigenvalue weighted by Gasteiger charge is -2.15. The second kappa shape index (κ2) is 9.43. The molecule has 0 spiro atoms. The minimum atomic E-state index is -0.579. The highest BCUT2D eigenvalue weighted by Crippen LogP contribution is 2.19. The van der Waals surface area contributed by atoms with Crippen molar-refractivity contribution in [2.24, 2.45) is 0 Å². The molecule has 1 atom stereocenters. The molecule has 0 aliphatic carbocycles. The van der Waals surface area contributed by atoms with Crippen LogP contribution in [0.3, 0.4) is 0 Å². The summed E-state index contributed by atoms with van der Waals surface area (Å²) in [7, 11) is 0. The molecule has 4 nitrogen and oxygen atoms in total. The number of carbonyl (C=O) groups is 1. The zero-order valence-electron chi connectivity index (χ0n) is 15.3. The van der Waals surface area contributed by atoms with Crippen molar-refractivity contribution in [2.45, 2.75) is 26.2 Å². The lowest BCUT2D eigenvalue weighted by molar-refractivity contribution is -0.127. The predicted octanol–water partition coefficient (Wildman–Crippen LogP) is 4.35. The summed E-state index contributed by atoms with van der Waals surface area (Å²) in [5.74, 6) is 1.24. The molecule has 0 saturated carbocycles. The summed E-state index contributed by atoms with van der Waals surface area (Å²) in [6, 6.07) is 27.1. The van der Waals surface area contributed by atoms with Crippen molar-refractivity contribution in [3.63, 3.8) is 0 Å². The van der Waals surface area contributed by atoms with Crippen LogP contribution in [0.5, 0.6) is 11.5 Å². The van der Waals surface area contributed by atoms with Crippen LogP contribution in [0, 0.1) is 0 Å². The van der Waals surface area contributed by atoms with E-state index >= 15 is 0 Å². The molecule has 0 heterocycles. The normalized spacial score (nSPS) is 11.4. The average molecular weight is 361 g/mol. The van der Waals surface area contributed by atoms with E-state index in [1.54, 1.807) is 19.1 Å². The van der Waals surface area contributed by atoms with E-state index in [9.17, 15) is 4.79 Å². The number of carbonyl (C=O) groups excluding carboxylic acids is 1. The largest absolute Gasteiger partial charge is 0.489 e. The van der Waals surface area contributed by atoms with Gasteiger partial charge in [-0.05, 0) is 42.3 Å². The van der Waals surface area contributed by atoms with E-state index in [0.717, 1.165) is 16.9 Å². The third-order valence-corrected chi connectivity index (χ3v) is 4.06. The molecule has 0 fully saturated rings. The molecule has 3 aromatic rings. The Balaban J connectivity index is 1.46. The molecule has 27 heavy (non-hydrogen) atoms. The van der Waals surface area contributed by atoms with Gasteiger partial charge in [0.2, 0.25) is 0 Å². The van der Waals surface area contributed by atoms with E-state index in [4.69, 9.17) is 9.47 Å². The van der Waals surface area contributed by atoms with E-state index in [1.807, 2.05) is 72.8 Å². The Labute approximate surface area is 159 Å². The zero-order valence-corrected chi connectivity index (χ0v) is 15.3. The number of rotatable bonds is 8. The zero-order chi connectivity index (χ0) is 18.9. The van der Waals surface area contributed by atoms with Crippen LogP contribution < -0.4 is 14.8 Å². The summed E-state index contributed by atoms with van der Waals surface area (Å²) < 4.78 is 11.5. The van der Waals surface area contributed by atoms with Crippen molar-refractivity contribution in [3.05, 3.63) is 96.1 Å². The maximum Gasteiger partial charge on any atom is 0.261 e. The van der Waals surface area contributed by atoms with Crippen molar-refractivity contribution in [1.82, 2.24) is 5.32 Å². The van der Waals surface area contributed by atoms with Crippen molar-refractivity contribution >= 4 is 5.91 Å². The summed E-state index contributed by atoms with van der Waals surface area (Å²) in [5, 5.41) is 2.88. The Kier molecular flexibility index (Phi) is 6.47. The van der Waals surface area contributed by atoms with E-state index in [2.05, 4.69) is 5.32 Å². The first-order chi connectivity index (χ1) is 13.2. The molecular weight excluding hydrogens is 338 g/mol. The molecule has 1 N–H and O–H groups in total. The third-order valence-electron chi connectivity index (χ3n) is 4.06. The summed E-state index contributed by atoms with van der Waals surface area (Å²) in [4.78, 5) is 12.2. The molecule has 3 aromatic carbocycles. The molecule has 4 heteroatoms. The molecule has 0 aliphatic heterocycles. The van der Waals surface area contributed by atoms with Gasteiger partial charge in [0.15, 0.2) is 6.10 Å². The lowest BCUT2D eigenvalue weighted by atomic mass is 10.2. The molecular formula is C23H23NO3. The second-order valence-corrected chi connectivity index (χ2v) is 6.21. The Morgan fingerprint density at radius 2 is 1.37 bits per heavy atom. The Morgan fingerprint density at radius 3 is 2.00 bits per heavy atom. The summed E-state index contributed by atoms with van der Waals surface area (Å²) in [5.41, 5.74) is 2.17. The van der Waals surface area contributed by atoms with E-state index < -0.39 is 6.10 Å². The van der Waals surface area contributed by atoms with Gasteiger partial charge in [-0.1, -0.05) is 60.7 Å². The van der Waals surface area contributed by atoms with Crippen LogP contribution in [0.25, 0.3) is 0 Å². The highest BCUT2D eigenvalue weighted by Gasteiger charge is 2.14. The smallest absolute Gasteiger partial charge is 0.261 e. The maximum absolute atomic E-state index is 12.2. The van der Waals surface area contributed by atoms with Gasteiger partial charge in [-0.2, -0.15) is 0 Å². The summed E-state index contributed by atoms with van der Waals surface area (Å²) in [6.45, 7) is 2.74. The fraction of sp³-hybridized carbons (Fsp3) is 0.174. The van der Waals surface area contributed by atoms with Crippen LogP contribution >= 0.6 is 0 Å². The molecule has 0 aliphatic rings. The van der Waals surface area contributed by atoms with Gasteiger partial charge < -0.3 is 14.8 Å². The minimum Gasteiger partial charge on any atom is -0.489 e. The molecule has 0 saturated heterocycles. The van der Waals surface area contributed by atoms with Gasteiger partial charge in [0, 0.05) is 6.54 Å². The molecule has 0 unspecified atom stereocenters. The van der Waals surface area contributed by atoms with Crippen molar-refractivity contribution in [3.8, 4) is 11.5 Å². The lowest BCUT2D eigenvalue weighted by Crippen LogP contribution is -2.35. The van der Waals surface area contributed by atoms with Crippen molar-refractivity contribution < 1.29 is 14.3 Å². The van der Waals surface area contributed by atoms with Crippen LogP contribution in [-0.4, -0.2) is 12.0 Å². The summed E-state index contributed by atoms with van der Waals surface area (Å²) in [6.07, 6.45) is -0.579. The van der Waals surface area contributed by atoms with Gasteiger partial charge in [0.25, 0.3) is 5.91 Å². The minimum absolute atomic E-state index is 0.150. The van der Waals surface area contributed by atoms with Crippen molar-refractivity contribution in [2.75, 3.05) is 0 Å². The van der Waals surface area contributed by atoms with Crippen LogP contribution in [0.15, 0.2) is 84.9 Å². The molecule has 0 bridgehead atoms. The molecule has 0 aromatic heterocycles. The Bertz CT molecular complexity index is 833. The third kappa shape index (κ3) is 5.89. The number of nitrogens with one attached hydrogen (secondary N) is 1. The topological polar surface area (TPSA) is 47.6 Å². The van der Waals surface area contributed by atoms with Gasteiger partial charge in [-0.15, -0.1) is 0 Å². The molecule has 1 amide bonds. The number of ether oxygens (including phenoxy) is 2. The van der Waals surface area contributed by atoms with E-state index in [0.29, 0.717) is 18.9 Å². The van der Waals surface area contributed by atoms with E-state index in [1.165, 1.54) is 0 Å². The highest BCUT2D eigenvalue weighted by atomic mass is 16.5. The van der Waals surface area contributed by atoms with Gasteiger partial charge in [0.05, 0.1) is 0 Å². The predicted molar refractivity (Wildman–Crippen MR) is 106 cm³/mol. The van der Waals surface area contributed by atoms with Gasteiger partial charge >= 0.3 is 0 Å². The first kappa shape index (κ1) is 18.5. The molecule has 0 radical (unpaired) electrons. The Hall–Kier alpha value is -3.27. The van der Waals surface area contributed by atoms with Crippen LogP contribution in [-0.2, 0) is 17.9 Å². The monoisotopic (exact) mass is 361 g/mol. The number of hydrogen-bond donors (Lipinski definition) is 1.